The SMILES string of the molecule is CC1CCc2cc(F)cc3c2N1C(CN1CCC(c2ccc(Br)cc2)CC1)N3. The molecule has 3 nitrogen and oxygen atoms in total. The summed E-state index contributed by atoms with van der Waals surface area (Å²) >= 11 is 3.53. The lowest BCUT2D eigenvalue weighted by Gasteiger charge is -2.40. The van der Waals surface area contributed by atoms with E-state index in [0.717, 1.165) is 48.2 Å². The summed E-state index contributed by atoms with van der Waals surface area (Å²) in [6, 6.07) is 12.7. The number of halogens is 2. The Morgan fingerprint density at radius 3 is 2.61 bits per heavy atom. The molecule has 0 aromatic heterocycles. The van der Waals surface area contributed by atoms with Crippen molar-refractivity contribution < 1.29 is 4.39 Å². The zero-order valence-corrected chi connectivity index (χ0v) is 17.9. The number of hydrogen-bond acceptors (Lipinski definition) is 3. The summed E-state index contributed by atoms with van der Waals surface area (Å²) in [6.45, 7) is 5.54. The van der Waals surface area contributed by atoms with Crippen LogP contribution in [0.3, 0.4) is 0 Å². The fraction of sp³-hybridized carbons (Fsp3) is 0.478. The topological polar surface area (TPSA) is 18.5 Å². The molecule has 0 saturated carbocycles. The maximum atomic E-state index is 14.0. The molecule has 1 fully saturated rings. The molecule has 3 heterocycles. The number of likely N-dealkylation sites (tertiary alicyclic amines) is 1. The normalized spacial score (nSPS) is 24.9. The van der Waals surface area contributed by atoms with Crippen LogP contribution in [0.1, 0.15) is 43.2 Å². The highest BCUT2D eigenvalue weighted by atomic mass is 79.9. The summed E-state index contributed by atoms with van der Waals surface area (Å²) in [5, 5.41) is 3.62. The van der Waals surface area contributed by atoms with Crippen molar-refractivity contribution in [2.75, 3.05) is 29.9 Å². The van der Waals surface area contributed by atoms with Crippen LogP contribution in [0.25, 0.3) is 0 Å². The maximum absolute atomic E-state index is 14.0. The number of anilines is 2. The molecule has 148 valence electrons. The van der Waals surface area contributed by atoms with E-state index >= 15 is 0 Å². The molecule has 0 aliphatic carbocycles. The van der Waals surface area contributed by atoms with Gasteiger partial charge in [0.15, 0.2) is 0 Å². The Labute approximate surface area is 175 Å². The average molecular weight is 444 g/mol. The van der Waals surface area contributed by atoms with Gasteiger partial charge in [-0.3, -0.25) is 4.90 Å². The van der Waals surface area contributed by atoms with Crippen LogP contribution < -0.4 is 10.2 Å². The first-order chi connectivity index (χ1) is 13.6. The first kappa shape index (κ1) is 18.4. The smallest absolute Gasteiger partial charge is 0.125 e. The number of nitrogens with one attached hydrogen (secondary N) is 1. The Kier molecular flexibility index (Phi) is 4.84. The van der Waals surface area contributed by atoms with E-state index < -0.39 is 0 Å². The quantitative estimate of drug-likeness (QED) is 0.688. The summed E-state index contributed by atoms with van der Waals surface area (Å²) in [5.74, 6) is 0.541. The summed E-state index contributed by atoms with van der Waals surface area (Å²) in [7, 11) is 0. The highest BCUT2D eigenvalue weighted by Crippen LogP contribution is 2.44. The Hall–Kier alpha value is -1.59. The molecule has 0 amide bonds. The third-order valence-electron chi connectivity index (χ3n) is 6.74. The fourth-order valence-electron chi connectivity index (χ4n) is 5.26. The van der Waals surface area contributed by atoms with Gasteiger partial charge in [-0.15, -0.1) is 0 Å². The molecule has 2 unspecified atom stereocenters. The van der Waals surface area contributed by atoms with Crippen molar-refractivity contribution in [2.45, 2.75) is 50.7 Å². The second-order valence-electron chi connectivity index (χ2n) is 8.54. The Bertz CT molecular complexity index is 861. The van der Waals surface area contributed by atoms with E-state index in [-0.39, 0.29) is 12.0 Å². The van der Waals surface area contributed by atoms with Gasteiger partial charge in [0.1, 0.15) is 12.0 Å². The largest absolute Gasteiger partial charge is 0.362 e. The molecule has 3 aliphatic heterocycles. The van der Waals surface area contributed by atoms with Gasteiger partial charge in [0, 0.05) is 17.1 Å². The average Bonchev–Trinajstić information content (AvgIpc) is 3.05. The number of aryl methyl sites for hydroxylation is 1. The van der Waals surface area contributed by atoms with Crippen molar-refractivity contribution in [3.8, 4) is 0 Å². The molecule has 28 heavy (non-hydrogen) atoms. The van der Waals surface area contributed by atoms with Crippen molar-refractivity contribution in [2.24, 2.45) is 0 Å². The highest BCUT2D eigenvalue weighted by molar-refractivity contribution is 9.10. The Balaban J connectivity index is 1.26. The van der Waals surface area contributed by atoms with Crippen LogP contribution in [0, 0.1) is 5.82 Å². The molecule has 1 saturated heterocycles. The molecule has 5 rings (SSSR count). The van der Waals surface area contributed by atoms with Gasteiger partial charge in [0.05, 0.1) is 11.4 Å². The van der Waals surface area contributed by atoms with E-state index in [2.05, 4.69) is 62.2 Å². The summed E-state index contributed by atoms with van der Waals surface area (Å²) in [4.78, 5) is 5.09. The first-order valence-corrected chi connectivity index (χ1v) is 11.2. The maximum Gasteiger partial charge on any atom is 0.125 e. The number of benzene rings is 2. The van der Waals surface area contributed by atoms with Gasteiger partial charge >= 0.3 is 0 Å². The van der Waals surface area contributed by atoms with Crippen LogP contribution in [0.5, 0.6) is 0 Å². The number of rotatable bonds is 3. The van der Waals surface area contributed by atoms with Crippen LogP contribution in [-0.2, 0) is 6.42 Å². The van der Waals surface area contributed by atoms with E-state index in [1.165, 1.54) is 24.1 Å². The van der Waals surface area contributed by atoms with Crippen LogP contribution in [-0.4, -0.2) is 36.7 Å². The molecule has 0 bridgehead atoms. The minimum absolute atomic E-state index is 0.119. The number of nitrogens with zero attached hydrogens (tertiary/aromatic N) is 2. The molecule has 2 atom stereocenters. The van der Waals surface area contributed by atoms with Crippen LogP contribution in [0.15, 0.2) is 40.9 Å². The molecule has 5 heteroatoms. The minimum atomic E-state index is -0.119. The third-order valence-corrected chi connectivity index (χ3v) is 7.26. The Morgan fingerprint density at radius 2 is 1.86 bits per heavy atom. The van der Waals surface area contributed by atoms with Gasteiger partial charge in [-0.1, -0.05) is 28.1 Å². The van der Waals surface area contributed by atoms with Crippen molar-refractivity contribution >= 4 is 27.3 Å². The first-order valence-electron chi connectivity index (χ1n) is 10.4. The summed E-state index contributed by atoms with van der Waals surface area (Å²) < 4.78 is 15.1. The van der Waals surface area contributed by atoms with Crippen LogP contribution in [0.4, 0.5) is 15.8 Å². The molecule has 0 radical (unpaired) electrons. The van der Waals surface area contributed by atoms with Gasteiger partial charge in [-0.25, -0.2) is 4.39 Å². The van der Waals surface area contributed by atoms with E-state index in [9.17, 15) is 4.39 Å². The monoisotopic (exact) mass is 443 g/mol. The van der Waals surface area contributed by atoms with Gasteiger partial charge in [0.25, 0.3) is 0 Å². The Morgan fingerprint density at radius 1 is 1.11 bits per heavy atom. The predicted octanol–water partition coefficient (Wildman–Crippen LogP) is 5.36. The van der Waals surface area contributed by atoms with Gasteiger partial charge in [-0.2, -0.15) is 0 Å². The second kappa shape index (κ2) is 7.34. The lowest BCUT2D eigenvalue weighted by Crippen LogP contribution is -2.51. The van der Waals surface area contributed by atoms with Gasteiger partial charge < -0.3 is 10.2 Å². The predicted molar refractivity (Wildman–Crippen MR) is 117 cm³/mol. The summed E-state index contributed by atoms with van der Waals surface area (Å²) in [6.07, 6.45) is 4.73. The van der Waals surface area contributed by atoms with Crippen LogP contribution in [0.2, 0.25) is 0 Å². The molecular formula is C23H27BrFN3. The van der Waals surface area contributed by atoms with Crippen molar-refractivity contribution in [1.29, 1.82) is 0 Å². The molecule has 2 aromatic carbocycles. The third kappa shape index (κ3) is 3.33. The minimum Gasteiger partial charge on any atom is -0.362 e. The highest BCUT2D eigenvalue weighted by Gasteiger charge is 2.38. The van der Waals surface area contributed by atoms with Crippen molar-refractivity contribution in [3.05, 3.63) is 57.8 Å². The van der Waals surface area contributed by atoms with Crippen molar-refractivity contribution in [3.63, 3.8) is 0 Å². The summed E-state index contributed by atoms with van der Waals surface area (Å²) in [5.41, 5.74) is 4.85. The lowest BCUT2D eigenvalue weighted by molar-refractivity contribution is 0.202. The molecule has 2 aromatic rings. The lowest BCUT2D eigenvalue weighted by atomic mass is 9.89. The fourth-order valence-corrected chi connectivity index (χ4v) is 5.52. The number of hydrogen-bond donors (Lipinski definition) is 1. The van der Waals surface area contributed by atoms with Gasteiger partial charge in [0.2, 0.25) is 0 Å². The number of piperidine rings is 1. The van der Waals surface area contributed by atoms with E-state index in [0.29, 0.717) is 12.0 Å². The molecule has 1 N–H and O–H groups in total. The molecular weight excluding hydrogens is 417 g/mol. The van der Waals surface area contributed by atoms with E-state index in [1.54, 1.807) is 12.1 Å². The molecule has 3 aliphatic rings. The van der Waals surface area contributed by atoms with Crippen LogP contribution >= 0.6 is 15.9 Å². The zero-order valence-electron chi connectivity index (χ0n) is 16.3. The van der Waals surface area contributed by atoms with E-state index in [4.69, 9.17) is 0 Å². The van der Waals surface area contributed by atoms with Gasteiger partial charge in [-0.05, 0) is 87.0 Å². The molecule has 0 spiro atoms. The zero-order chi connectivity index (χ0) is 19.3. The second-order valence-corrected chi connectivity index (χ2v) is 9.46. The van der Waals surface area contributed by atoms with Crippen molar-refractivity contribution in [1.82, 2.24) is 4.90 Å². The standard InChI is InChI=1S/C23H27BrFN3/c1-15-2-3-18-12-20(25)13-21-23(18)28(15)22(26-21)14-27-10-8-17(9-11-27)16-4-6-19(24)7-5-16/h4-7,12-13,15,17,22,26H,2-3,8-11,14H2,1H3. The van der Waals surface area contributed by atoms with E-state index in [1.807, 2.05) is 0 Å².